The summed E-state index contributed by atoms with van der Waals surface area (Å²) in [5.74, 6) is -2.43. The van der Waals surface area contributed by atoms with Crippen molar-refractivity contribution >= 4 is 28.8 Å². The molecule has 0 bridgehead atoms. The van der Waals surface area contributed by atoms with Crippen LogP contribution in [-0.2, 0) is 9.59 Å². The summed E-state index contributed by atoms with van der Waals surface area (Å²) in [6.45, 7) is 8.70. The van der Waals surface area contributed by atoms with Crippen molar-refractivity contribution in [2.75, 3.05) is 0 Å². The number of aryl methyl sites for hydroxylation is 2. The molecule has 0 aliphatic heterocycles. The molecule has 0 aromatic carbocycles. The Bertz CT molecular complexity index is 628. The van der Waals surface area contributed by atoms with Crippen molar-refractivity contribution in [3.05, 3.63) is 38.1 Å². The summed E-state index contributed by atoms with van der Waals surface area (Å²) in [6.07, 6.45) is 0. The van der Waals surface area contributed by atoms with Crippen LogP contribution in [0.25, 0.3) is 5.57 Å². The van der Waals surface area contributed by atoms with Gasteiger partial charge in [0.05, 0.1) is 11.1 Å². The van der Waals surface area contributed by atoms with Crippen LogP contribution in [0, 0.1) is 13.8 Å². The predicted octanol–water partition coefficient (Wildman–Crippen LogP) is 3.64. The molecule has 0 spiro atoms. The van der Waals surface area contributed by atoms with Crippen molar-refractivity contribution in [1.29, 1.82) is 0 Å². The maximum absolute atomic E-state index is 11.5. The molecule has 0 saturated heterocycles. The summed E-state index contributed by atoms with van der Waals surface area (Å²) in [6, 6.07) is 1.89. The van der Waals surface area contributed by atoms with Crippen LogP contribution >= 0.6 is 11.3 Å². The van der Waals surface area contributed by atoms with Crippen molar-refractivity contribution in [1.82, 2.24) is 0 Å². The van der Waals surface area contributed by atoms with Crippen molar-refractivity contribution < 1.29 is 19.8 Å². The number of allylic oxidation sites excluding steroid dienone is 2. The molecule has 0 aliphatic carbocycles. The zero-order chi connectivity index (χ0) is 15.6. The minimum absolute atomic E-state index is 0.140. The fourth-order valence-electron chi connectivity index (χ4n) is 2.16. The molecule has 1 rings (SSSR count). The number of hydrogen-bond donors (Lipinski definition) is 2. The van der Waals surface area contributed by atoms with Crippen LogP contribution in [0.1, 0.15) is 36.1 Å². The van der Waals surface area contributed by atoms with E-state index in [0.29, 0.717) is 11.1 Å². The van der Waals surface area contributed by atoms with Crippen molar-refractivity contribution in [2.45, 2.75) is 34.6 Å². The summed E-state index contributed by atoms with van der Waals surface area (Å²) in [5.41, 5.74) is 1.47. The Morgan fingerprint density at radius 2 is 1.50 bits per heavy atom. The number of carboxylic acid groups (broad SMARTS) is 2. The molecule has 0 aliphatic rings. The van der Waals surface area contributed by atoms with E-state index in [2.05, 4.69) is 0 Å². The molecule has 1 aromatic rings. The highest BCUT2D eigenvalue weighted by Crippen LogP contribution is 2.32. The first kappa shape index (κ1) is 16.2. The summed E-state index contributed by atoms with van der Waals surface area (Å²) in [5, 5.41) is 18.7. The molecule has 0 fully saturated rings. The van der Waals surface area contributed by atoms with E-state index >= 15 is 0 Å². The highest BCUT2D eigenvalue weighted by Gasteiger charge is 2.25. The van der Waals surface area contributed by atoms with Crippen LogP contribution in [0.3, 0.4) is 0 Å². The lowest BCUT2D eigenvalue weighted by molar-refractivity contribution is -0.136. The normalized spacial score (nSPS) is 11.8. The van der Waals surface area contributed by atoms with Crippen LogP contribution in [0.15, 0.2) is 22.8 Å². The summed E-state index contributed by atoms with van der Waals surface area (Å²) >= 11 is 1.56. The molecule has 108 valence electrons. The van der Waals surface area contributed by atoms with Gasteiger partial charge in [-0.2, -0.15) is 0 Å². The van der Waals surface area contributed by atoms with Gasteiger partial charge in [0.15, 0.2) is 0 Å². The number of carboxylic acids is 2. The zero-order valence-electron chi connectivity index (χ0n) is 12.2. The van der Waals surface area contributed by atoms with Gasteiger partial charge < -0.3 is 10.2 Å². The Morgan fingerprint density at radius 3 is 1.80 bits per heavy atom. The Hall–Kier alpha value is -1.88. The standard InChI is InChI=1S/C15H18O4S/c1-7(2)12(14(16)17)13(15(18)19)9(4)11-6-8(3)20-10(11)5/h6H,1-5H3,(H,16,17)(H,18,19)/b13-9-. The molecular formula is C15H18O4S. The van der Waals surface area contributed by atoms with E-state index < -0.39 is 11.9 Å². The second-order valence-electron chi connectivity index (χ2n) is 4.81. The number of carbonyl (C=O) groups is 2. The Balaban J connectivity index is 3.66. The quantitative estimate of drug-likeness (QED) is 0.656. The van der Waals surface area contributed by atoms with Crippen molar-refractivity contribution in [3.8, 4) is 0 Å². The van der Waals surface area contributed by atoms with Gasteiger partial charge in [0.25, 0.3) is 0 Å². The minimum Gasteiger partial charge on any atom is -0.478 e. The zero-order valence-corrected chi connectivity index (χ0v) is 13.0. The van der Waals surface area contributed by atoms with Gasteiger partial charge >= 0.3 is 11.9 Å². The van der Waals surface area contributed by atoms with E-state index in [-0.39, 0.29) is 11.1 Å². The van der Waals surface area contributed by atoms with Gasteiger partial charge in [-0.25, -0.2) is 9.59 Å². The topological polar surface area (TPSA) is 74.6 Å². The van der Waals surface area contributed by atoms with E-state index in [0.717, 1.165) is 15.3 Å². The van der Waals surface area contributed by atoms with Gasteiger partial charge in [0, 0.05) is 9.75 Å². The van der Waals surface area contributed by atoms with Gasteiger partial charge in [0.1, 0.15) is 0 Å². The third-order valence-corrected chi connectivity index (χ3v) is 3.96. The summed E-state index contributed by atoms with van der Waals surface area (Å²) in [7, 11) is 0. The molecule has 0 saturated carbocycles. The first-order chi connectivity index (χ1) is 9.16. The fraction of sp³-hybridized carbons (Fsp3) is 0.333. The molecule has 0 atom stereocenters. The van der Waals surface area contributed by atoms with E-state index in [9.17, 15) is 19.8 Å². The number of rotatable bonds is 4. The number of thiophene rings is 1. The first-order valence-corrected chi connectivity index (χ1v) is 6.91. The molecule has 1 aromatic heterocycles. The molecule has 5 heteroatoms. The van der Waals surface area contributed by atoms with Crippen LogP contribution < -0.4 is 0 Å². The monoisotopic (exact) mass is 294 g/mol. The molecule has 20 heavy (non-hydrogen) atoms. The average Bonchev–Trinajstić information content (AvgIpc) is 2.62. The molecule has 4 nitrogen and oxygen atoms in total. The second kappa shape index (κ2) is 6.05. The summed E-state index contributed by atoms with van der Waals surface area (Å²) < 4.78 is 0. The van der Waals surface area contributed by atoms with E-state index in [1.54, 1.807) is 32.1 Å². The molecule has 0 amide bonds. The van der Waals surface area contributed by atoms with Crippen molar-refractivity contribution in [3.63, 3.8) is 0 Å². The highest BCUT2D eigenvalue weighted by molar-refractivity contribution is 7.12. The minimum atomic E-state index is -1.22. The van der Waals surface area contributed by atoms with Gasteiger partial charge in [0.2, 0.25) is 0 Å². The maximum atomic E-state index is 11.5. The van der Waals surface area contributed by atoms with Crippen LogP contribution in [0.5, 0.6) is 0 Å². The van der Waals surface area contributed by atoms with E-state index in [4.69, 9.17) is 0 Å². The fourth-order valence-corrected chi connectivity index (χ4v) is 3.15. The molecule has 0 unspecified atom stereocenters. The second-order valence-corrected chi connectivity index (χ2v) is 6.27. The lowest BCUT2D eigenvalue weighted by Gasteiger charge is -2.11. The van der Waals surface area contributed by atoms with E-state index in [1.165, 1.54) is 0 Å². The Morgan fingerprint density at radius 1 is 1.00 bits per heavy atom. The Labute approximate surface area is 122 Å². The van der Waals surface area contributed by atoms with E-state index in [1.807, 2.05) is 19.9 Å². The van der Waals surface area contributed by atoms with Gasteiger partial charge in [-0.1, -0.05) is 5.57 Å². The lowest BCUT2D eigenvalue weighted by Crippen LogP contribution is -2.14. The van der Waals surface area contributed by atoms with Gasteiger partial charge in [-0.3, -0.25) is 0 Å². The third-order valence-electron chi connectivity index (χ3n) is 3.00. The Kier molecular flexibility index (Phi) is 4.89. The number of hydrogen-bond acceptors (Lipinski definition) is 3. The van der Waals surface area contributed by atoms with Crippen LogP contribution in [0.4, 0.5) is 0 Å². The maximum Gasteiger partial charge on any atom is 0.336 e. The molecule has 2 N–H and O–H groups in total. The smallest absolute Gasteiger partial charge is 0.336 e. The lowest BCUT2D eigenvalue weighted by atomic mass is 9.93. The van der Waals surface area contributed by atoms with Crippen LogP contribution in [0.2, 0.25) is 0 Å². The van der Waals surface area contributed by atoms with Gasteiger partial charge in [-0.15, -0.1) is 11.3 Å². The SMILES string of the molecule is CC(C)=C(C(=O)O)/C(C(=O)O)=C(\C)c1cc(C)sc1C. The highest BCUT2D eigenvalue weighted by atomic mass is 32.1. The first-order valence-electron chi connectivity index (χ1n) is 6.09. The number of aliphatic carboxylic acids is 2. The largest absolute Gasteiger partial charge is 0.478 e. The third kappa shape index (κ3) is 3.17. The van der Waals surface area contributed by atoms with Crippen molar-refractivity contribution in [2.24, 2.45) is 0 Å². The predicted molar refractivity (Wildman–Crippen MR) is 80.0 cm³/mol. The molecular weight excluding hydrogens is 276 g/mol. The van der Waals surface area contributed by atoms with Crippen LogP contribution in [-0.4, -0.2) is 22.2 Å². The summed E-state index contributed by atoms with van der Waals surface area (Å²) in [4.78, 5) is 24.9. The van der Waals surface area contributed by atoms with Gasteiger partial charge in [-0.05, 0) is 51.8 Å². The average molecular weight is 294 g/mol. The molecule has 0 radical (unpaired) electrons. The molecule has 1 heterocycles.